The third-order valence-corrected chi connectivity index (χ3v) is 13.1. The van der Waals surface area contributed by atoms with Crippen LogP contribution in [-0.2, 0) is 54.5 Å². The van der Waals surface area contributed by atoms with Crippen LogP contribution in [-0.4, -0.2) is 119 Å². The normalized spacial score (nSPS) is 16.9. The van der Waals surface area contributed by atoms with E-state index in [0.29, 0.717) is 76.8 Å². The van der Waals surface area contributed by atoms with E-state index in [1.807, 2.05) is 27.0 Å². The van der Waals surface area contributed by atoms with Crippen LogP contribution in [0.2, 0.25) is 0 Å². The van der Waals surface area contributed by atoms with Crippen molar-refractivity contribution in [3.05, 3.63) is 71.6 Å². The Hall–Kier alpha value is -5.74. The van der Waals surface area contributed by atoms with E-state index < -0.39 is 24.3 Å². The second kappa shape index (κ2) is 21.8. The van der Waals surface area contributed by atoms with Crippen molar-refractivity contribution in [2.75, 3.05) is 47.2 Å². The monoisotopic (exact) mass is 880 g/mol. The Morgan fingerprint density at radius 1 is 0.719 bits per heavy atom. The average molecular weight is 881 g/mol. The van der Waals surface area contributed by atoms with Gasteiger partial charge in [0.25, 0.3) is 0 Å². The van der Waals surface area contributed by atoms with E-state index >= 15 is 0 Å². The molecule has 344 valence electrons. The summed E-state index contributed by atoms with van der Waals surface area (Å²) in [7, 11) is 2.61. The van der Waals surface area contributed by atoms with Crippen molar-refractivity contribution in [2.24, 2.45) is 11.8 Å². The molecule has 7 rings (SSSR count). The number of nitrogens with one attached hydrogen (secondary N) is 4. The number of fused-ring (bicyclic) bond motifs is 1. The van der Waals surface area contributed by atoms with Gasteiger partial charge in [-0.05, 0) is 104 Å². The lowest BCUT2D eigenvalue weighted by molar-refractivity contribution is -0.139. The first kappa shape index (κ1) is 46.3. The van der Waals surface area contributed by atoms with Gasteiger partial charge in [-0.3, -0.25) is 9.59 Å². The van der Waals surface area contributed by atoms with Crippen molar-refractivity contribution >= 4 is 24.0 Å². The molecule has 0 radical (unpaired) electrons. The predicted molar refractivity (Wildman–Crippen MR) is 241 cm³/mol. The first-order chi connectivity index (χ1) is 31.1. The summed E-state index contributed by atoms with van der Waals surface area (Å²) in [6.45, 7) is 9.36. The number of hydrogen-bond donors (Lipinski definition) is 4. The van der Waals surface area contributed by atoms with Crippen LogP contribution in [0.1, 0.15) is 88.5 Å². The van der Waals surface area contributed by atoms with E-state index in [4.69, 9.17) is 23.9 Å². The first-order valence-electron chi connectivity index (χ1n) is 22.9. The molecule has 2 aromatic heterocycles. The van der Waals surface area contributed by atoms with Crippen molar-refractivity contribution < 1.29 is 38.1 Å². The number of imidazole rings is 2. The molecular formula is C48H64N8O8. The zero-order valence-electron chi connectivity index (χ0n) is 37.9. The second-order valence-corrected chi connectivity index (χ2v) is 17.1. The molecule has 0 spiro atoms. The molecule has 0 unspecified atom stereocenters. The lowest BCUT2D eigenvalue weighted by Gasteiger charge is -2.36. The van der Waals surface area contributed by atoms with Crippen LogP contribution < -0.4 is 10.6 Å². The Bertz CT molecular complexity index is 2210. The third-order valence-electron chi connectivity index (χ3n) is 13.1. The molecular weight excluding hydrogens is 817 g/mol. The molecule has 16 nitrogen and oxygen atoms in total. The molecule has 64 heavy (non-hydrogen) atoms. The van der Waals surface area contributed by atoms with Gasteiger partial charge in [-0.25, -0.2) is 19.6 Å². The number of H-pyrrole nitrogens is 2. The van der Waals surface area contributed by atoms with Crippen LogP contribution in [0, 0.1) is 11.8 Å². The summed E-state index contributed by atoms with van der Waals surface area (Å²) < 4.78 is 20.9. The second-order valence-electron chi connectivity index (χ2n) is 17.1. The molecule has 0 bridgehead atoms. The number of aromatic amines is 2. The summed E-state index contributed by atoms with van der Waals surface area (Å²) in [5.74, 6) is 0.940. The number of alkyl carbamates (subject to hydrolysis) is 2. The van der Waals surface area contributed by atoms with Gasteiger partial charge in [-0.15, -0.1) is 0 Å². The summed E-state index contributed by atoms with van der Waals surface area (Å²) in [5, 5.41) is 5.63. The number of benzene rings is 2. The Balaban J connectivity index is 1.05. The molecule has 3 atom stereocenters. The summed E-state index contributed by atoms with van der Waals surface area (Å²) in [6, 6.07) is 11.3. The van der Waals surface area contributed by atoms with Crippen LogP contribution in [0.25, 0.3) is 33.6 Å². The van der Waals surface area contributed by atoms with Crippen molar-refractivity contribution in [3.63, 3.8) is 0 Å². The zero-order valence-corrected chi connectivity index (χ0v) is 37.9. The van der Waals surface area contributed by atoms with Crippen LogP contribution >= 0.6 is 0 Å². The summed E-state index contributed by atoms with van der Waals surface area (Å²) in [6.07, 6.45) is 9.61. The van der Waals surface area contributed by atoms with Gasteiger partial charge in [0.1, 0.15) is 23.7 Å². The summed E-state index contributed by atoms with van der Waals surface area (Å²) in [4.78, 5) is 72.8. The summed E-state index contributed by atoms with van der Waals surface area (Å²) >= 11 is 0. The van der Waals surface area contributed by atoms with E-state index in [1.54, 1.807) is 16.0 Å². The topological polar surface area (TPSA) is 193 Å². The SMILES string of the molecule is CCCN(Cc1ncc(-c2ccc(-c3ccc(-c4cnc(CN(C(=O)[C@@H](NC(=O)OC)C5CCOCC5)[C@@H](C)CC)[nH]4)cc3)c3c2CCC3)[nH]1)C(=O)[C@@H](NC(=O)OC)C1CCOCC1. The molecule has 4 N–H and O–H groups in total. The molecule has 2 saturated heterocycles. The molecule has 2 aliphatic heterocycles. The van der Waals surface area contributed by atoms with Gasteiger partial charge >= 0.3 is 12.2 Å². The Labute approximate surface area is 375 Å². The largest absolute Gasteiger partial charge is 0.453 e. The molecule has 2 aromatic carbocycles. The number of rotatable bonds is 17. The quantitative estimate of drug-likeness (QED) is 0.0878. The molecule has 1 aliphatic carbocycles. The maximum atomic E-state index is 14.2. The highest BCUT2D eigenvalue weighted by molar-refractivity contribution is 5.87. The van der Waals surface area contributed by atoms with Gasteiger partial charge in [0.2, 0.25) is 11.8 Å². The Morgan fingerprint density at radius 2 is 1.23 bits per heavy atom. The molecule has 4 heterocycles. The number of hydrogen-bond acceptors (Lipinski definition) is 10. The Morgan fingerprint density at radius 3 is 1.81 bits per heavy atom. The lowest BCUT2D eigenvalue weighted by atomic mass is 9.90. The van der Waals surface area contributed by atoms with Gasteiger partial charge in [0.05, 0.1) is 51.1 Å². The van der Waals surface area contributed by atoms with Crippen molar-refractivity contribution in [1.82, 2.24) is 40.4 Å². The van der Waals surface area contributed by atoms with Crippen LogP contribution in [0.5, 0.6) is 0 Å². The van der Waals surface area contributed by atoms with E-state index in [1.165, 1.54) is 30.9 Å². The van der Waals surface area contributed by atoms with E-state index in [-0.39, 0.29) is 36.2 Å². The highest BCUT2D eigenvalue weighted by Gasteiger charge is 2.37. The van der Waals surface area contributed by atoms with Gasteiger partial charge in [-0.1, -0.05) is 50.2 Å². The minimum absolute atomic E-state index is 0.0438. The van der Waals surface area contributed by atoms with Crippen LogP contribution in [0.3, 0.4) is 0 Å². The van der Waals surface area contributed by atoms with Gasteiger partial charge in [0, 0.05) is 44.6 Å². The highest BCUT2D eigenvalue weighted by atomic mass is 16.5. The fourth-order valence-electron chi connectivity index (χ4n) is 9.39. The minimum Gasteiger partial charge on any atom is -0.453 e. The molecule has 4 amide bonds. The van der Waals surface area contributed by atoms with E-state index in [9.17, 15) is 19.2 Å². The Kier molecular flexibility index (Phi) is 15.7. The number of carbonyl (C=O) groups excluding carboxylic acids is 4. The number of nitrogens with zero attached hydrogens (tertiary/aromatic N) is 4. The number of aromatic nitrogens is 4. The van der Waals surface area contributed by atoms with Crippen LogP contribution in [0.15, 0.2) is 48.8 Å². The third kappa shape index (κ3) is 10.8. The maximum Gasteiger partial charge on any atom is 0.407 e. The standard InChI is InChI=1S/C48H64N8O8/c1-6-21-55(45(57)43(53-47(59)61-4)33-17-22-63-23-18-33)28-41-50-27-40(52-41)38-16-15-35(36-9-8-10-37(36)38)31-11-13-32(14-12-31)39-26-49-42(51-39)29-56(30(3)7-2)46(58)44(54-48(60)62-5)34-19-24-64-25-20-34/h11-16,26-27,30,33-34,43-44H,6-10,17-25,28-29H2,1-5H3,(H,49,51)(H,50,52)(H,53,59)(H,54,60)/t30-,43-,44-/m0/s1. The smallest absolute Gasteiger partial charge is 0.407 e. The van der Waals surface area contributed by atoms with Crippen molar-refractivity contribution in [3.8, 4) is 33.6 Å². The molecule has 2 fully saturated rings. The maximum absolute atomic E-state index is 14.2. The molecule has 3 aliphatic rings. The predicted octanol–water partition coefficient (Wildman–Crippen LogP) is 6.79. The van der Waals surface area contributed by atoms with Gasteiger partial charge < -0.3 is 49.3 Å². The lowest BCUT2D eigenvalue weighted by Crippen LogP contribution is -2.55. The first-order valence-corrected chi connectivity index (χ1v) is 22.9. The molecule has 0 saturated carbocycles. The summed E-state index contributed by atoms with van der Waals surface area (Å²) in [5.41, 5.74) is 8.81. The molecule has 16 heteroatoms. The average Bonchev–Trinajstić information content (AvgIpc) is 4.14. The number of carbonyl (C=O) groups is 4. The highest BCUT2D eigenvalue weighted by Crippen LogP contribution is 2.39. The number of ether oxygens (including phenoxy) is 4. The fraction of sp³-hybridized carbons (Fsp3) is 0.542. The number of amides is 4. The molecule has 4 aromatic rings. The van der Waals surface area contributed by atoms with Crippen molar-refractivity contribution in [2.45, 2.75) is 110 Å². The minimum atomic E-state index is -0.724. The van der Waals surface area contributed by atoms with E-state index in [2.05, 4.69) is 62.0 Å². The number of methoxy groups -OCH3 is 2. The van der Waals surface area contributed by atoms with E-state index in [0.717, 1.165) is 60.2 Å². The van der Waals surface area contributed by atoms with Gasteiger partial charge in [0.15, 0.2) is 0 Å². The van der Waals surface area contributed by atoms with Crippen LogP contribution in [0.4, 0.5) is 9.59 Å². The van der Waals surface area contributed by atoms with Gasteiger partial charge in [-0.2, -0.15) is 0 Å². The van der Waals surface area contributed by atoms with Crippen molar-refractivity contribution in [1.29, 1.82) is 0 Å². The fourth-order valence-corrected chi connectivity index (χ4v) is 9.39. The zero-order chi connectivity index (χ0) is 45.2.